The fraction of sp³-hybridized carbons (Fsp3) is 0.462. The van der Waals surface area contributed by atoms with Gasteiger partial charge in [-0.1, -0.05) is 11.6 Å². The van der Waals surface area contributed by atoms with Gasteiger partial charge in [0.25, 0.3) is 0 Å². The van der Waals surface area contributed by atoms with Gasteiger partial charge in [0.05, 0.1) is 35.7 Å². The molecular formula is C13H15ClN2O2S. The summed E-state index contributed by atoms with van der Waals surface area (Å²) in [7, 11) is 0. The number of aryl methyl sites for hydroxylation is 1. The molecule has 0 unspecified atom stereocenters. The molecule has 102 valence electrons. The summed E-state index contributed by atoms with van der Waals surface area (Å²) in [5.74, 6) is 0. The number of hydrogen-bond donors (Lipinski definition) is 1. The topological polar surface area (TPSA) is 45.6 Å². The normalized spacial score (nSPS) is 16.3. The van der Waals surface area contributed by atoms with Crippen molar-refractivity contribution >= 4 is 38.8 Å². The van der Waals surface area contributed by atoms with Gasteiger partial charge in [-0.3, -0.25) is 0 Å². The fourth-order valence-electron chi connectivity index (χ4n) is 2.37. The summed E-state index contributed by atoms with van der Waals surface area (Å²) in [6, 6.07) is 1.91. The lowest BCUT2D eigenvalue weighted by Crippen LogP contribution is -2.36. The first-order valence-corrected chi connectivity index (χ1v) is 7.42. The smallest absolute Gasteiger partial charge is 0.131 e. The van der Waals surface area contributed by atoms with E-state index in [-0.39, 0.29) is 6.61 Å². The van der Waals surface area contributed by atoms with Gasteiger partial charge in [0.15, 0.2) is 0 Å². The molecule has 0 aromatic carbocycles. The van der Waals surface area contributed by atoms with Crippen molar-refractivity contribution in [3.8, 4) is 0 Å². The quantitative estimate of drug-likeness (QED) is 0.866. The molecule has 1 aliphatic heterocycles. The fourth-order valence-corrected chi connectivity index (χ4v) is 3.70. The van der Waals surface area contributed by atoms with Gasteiger partial charge in [0, 0.05) is 24.0 Å². The van der Waals surface area contributed by atoms with Crippen LogP contribution in [0.4, 0.5) is 5.69 Å². The molecule has 2 aromatic rings. The van der Waals surface area contributed by atoms with Crippen molar-refractivity contribution in [3.63, 3.8) is 0 Å². The Morgan fingerprint density at radius 1 is 1.47 bits per heavy atom. The molecule has 1 aliphatic rings. The number of morpholine rings is 1. The molecule has 1 N–H and O–H groups in total. The zero-order valence-electron chi connectivity index (χ0n) is 10.6. The summed E-state index contributed by atoms with van der Waals surface area (Å²) in [5, 5.41) is 9.91. The molecule has 0 aliphatic carbocycles. The molecule has 0 saturated carbocycles. The third-order valence-electron chi connectivity index (χ3n) is 3.42. The number of pyridine rings is 1. The zero-order chi connectivity index (χ0) is 13.4. The summed E-state index contributed by atoms with van der Waals surface area (Å²) in [5.41, 5.74) is 3.04. The van der Waals surface area contributed by atoms with E-state index in [9.17, 15) is 5.11 Å². The number of ether oxygens (including phenoxy) is 1. The van der Waals surface area contributed by atoms with E-state index < -0.39 is 0 Å². The Morgan fingerprint density at radius 3 is 2.89 bits per heavy atom. The van der Waals surface area contributed by atoms with E-state index in [1.807, 2.05) is 13.0 Å². The second-order valence-electron chi connectivity index (χ2n) is 4.55. The van der Waals surface area contributed by atoms with Gasteiger partial charge in [-0.15, -0.1) is 11.3 Å². The maximum Gasteiger partial charge on any atom is 0.131 e. The average Bonchev–Trinajstić information content (AvgIpc) is 2.76. The Morgan fingerprint density at radius 2 is 2.21 bits per heavy atom. The predicted molar refractivity (Wildman–Crippen MR) is 78.3 cm³/mol. The summed E-state index contributed by atoms with van der Waals surface area (Å²) < 4.78 is 6.49. The minimum atomic E-state index is 0.0486. The lowest BCUT2D eigenvalue weighted by molar-refractivity contribution is 0.123. The van der Waals surface area contributed by atoms with Crippen LogP contribution in [0.5, 0.6) is 0 Å². The first-order chi connectivity index (χ1) is 9.20. The van der Waals surface area contributed by atoms with Crippen molar-refractivity contribution in [1.82, 2.24) is 4.98 Å². The molecule has 1 fully saturated rings. The molecule has 0 atom stereocenters. The van der Waals surface area contributed by atoms with E-state index in [0.717, 1.165) is 52.6 Å². The Kier molecular flexibility index (Phi) is 3.62. The van der Waals surface area contributed by atoms with Gasteiger partial charge in [0.1, 0.15) is 5.15 Å². The molecule has 4 nitrogen and oxygen atoms in total. The molecule has 0 radical (unpaired) electrons. The summed E-state index contributed by atoms with van der Waals surface area (Å²) in [4.78, 5) is 7.64. The third kappa shape index (κ3) is 2.31. The highest BCUT2D eigenvalue weighted by atomic mass is 35.5. The lowest BCUT2D eigenvalue weighted by atomic mass is 10.2. The Balaban J connectivity index is 2.17. The van der Waals surface area contributed by atoms with E-state index in [1.54, 1.807) is 11.3 Å². The molecule has 3 heterocycles. The highest BCUT2D eigenvalue weighted by Crippen LogP contribution is 2.38. The molecule has 3 rings (SSSR count). The number of halogens is 1. The number of nitrogens with zero attached hydrogens (tertiary/aromatic N) is 2. The van der Waals surface area contributed by atoms with Crippen LogP contribution in [-0.4, -0.2) is 36.4 Å². The van der Waals surface area contributed by atoms with Crippen LogP contribution in [0.25, 0.3) is 10.2 Å². The molecule has 0 bridgehead atoms. The Labute approximate surface area is 120 Å². The minimum absolute atomic E-state index is 0.0486. The number of aliphatic hydroxyl groups excluding tert-OH is 1. The van der Waals surface area contributed by atoms with E-state index in [2.05, 4.69) is 9.88 Å². The van der Waals surface area contributed by atoms with Gasteiger partial charge >= 0.3 is 0 Å². The van der Waals surface area contributed by atoms with Crippen molar-refractivity contribution in [2.24, 2.45) is 0 Å². The highest BCUT2D eigenvalue weighted by molar-refractivity contribution is 7.19. The van der Waals surface area contributed by atoms with Crippen molar-refractivity contribution in [2.45, 2.75) is 13.5 Å². The standard InChI is InChI=1S/C13H15ClN2O2S/c1-8-10(7-17)19-13-9(6-11(14)15-12(8)13)16-2-4-18-5-3-16/h6,17H,2-5,7H2,1H3. The van der Waals surface area contributed by atoms with Crippen LogP contribution in [-0.2, 0) is 11.3 Å². The van der Waals surface area contributed by atoms with Crippen LogP contribution < -0.4 is 4.90 Å². The van der Waals surface area contributed by atoms with Crippen LogP contribution in [0.3, 0.4) is 0 Å². The van der Waals surface area contributed by atoms with Gasteiger partial charge in [-0.25, -0.2) is 4.98 Å². The number of rotatable bonds is 2. The molecule has 6 heteroatoms. The molecule has 0 spiro atoms. The molecule has 2 aromatic heterocycles. The number of aromatic nitrogens is 1. The number of fused-ring (bicyclic) bond motifs is 1. The zero-order valence-corrected chi connectivity index (χ0v) is 12.2. The van der Waals surface area contributed by atoms with Crippen LogP contribution in [0.1, 0.15) is 10.4 Å². The summed E-state index contributed by atoms with van der Waals surface area (Å²) in [6.45, 7) is 5.23. The SMILES string of the molecule is Cc1c(CO)sc2c(N3CCOCC3)cc(Cl)nc12. The predicted octanol–water partition coefficient (Wildman–Crippen LogP) is 2.59. The largest absolute Gasteiger partial charge is 0.391 e. The summed E-state index contributed by atoms with van der Waals surface area (Å²) in [6.07, 6.45) is 0. The number of thiophene rings is 1. The van der Waals surface area contributed by atoms with Gasteiger partial charge < -0.3 is 14.7 Å². The third-order valence-corrected chi connectivity index (χ3v) is 4.90. The number of anilines is 1. The van der Waals surface area contributed by atoms with Crippen LogP contribution in [0, 0.1) is 6.92 Å². The Hall–Kier alpha value is -0.880. The maximum absolute atomic E-state index is 9.41. The van der Waals surface area contributed by atoms with Crippen molar-refractivity contribution in [2.75, 3.05) is 31.2 Å². The number of hydrogen-bond acceptors (Lipinski definition) is 5. The van der Waals surface area contributed by atoms with Crippen LogP contribution in [0.15, 0.2) is 6.07 Å². The lowest BCUT2D eigenvalue weighted by Gasteiger charge is -2.29. The first kappa shape index (κ1) is 13.1. The van der Waals surface area contributed by atoms with E-state index in [0.29, 0.717) is 5.15 Å². The van der Waals surface area contributed by atoms with E-state index in [1.165, 1.54) is 0 Å². The van der Waals surface area contributed by atoms with Gasteiger partial charge in [0.2, 0.25) is 0 Å². The van der Waals surface area contributed by atoms with E-state index in [4.69, 9.17) is 16.3 Å². The first-order valence-electron chi connectivity index (χ1n) is 6.22. The molecular weight excluding hydrogens is 284 g/mol. The average molecular weight is 299 g/mol. The minimum Gasteiger partial charge on any atom is -0.391 e. The van der Waals surface area contributed by atoms with Gasteiger partial charge in [-0.2, -0.15) is 0 Å². The van der Waals surface area contributed by atoms with Crippen LogP contribution >= 0.6 is 22.9 Å². The number of aliphatic hydroxyl groups is 1. The monoisotopic (exact) mass is 298 g/mol. The van der Waals surface area contributed by atoms with Gasteiger partial charge in [-0.05, 0) is 12.5 Å². The van der Waals surface area contributed by atoms with Crippen molar-refractivity contribution in [3.05, 3.63) is 21.7 Å². The second-order valence-corrected chi connectivity index (χ2v) is 6.04. The maximum atomic E-state index is 9.41. The second kappa shape index (κ2) is 5.25. The van der Waals surface area contributed by atoms with Crippen molar-refractivity contribution in [1.29, 1.82) is 0 Å². The van der Waals surface area contributed by atoms with Crippen molar-refractivity contribution < 1.29 is 9.84 Å². The molecule has 19 heavy (non-hydrogen) atoms. The highest BCUT2D eigenvalue weighted by Gasteiger charge is 2.19. The Bertz CT molecular complexity index is 608. The molecule has 1 saturated heterocycles. The summed E-state index contributed by atoms with van der Waals surface area (Å²) >= 11 is 7.74. The van der Waals surface area contributed by atoms with E-state index >= 15 is 0 Å². The van der Waals surface area contributed by atoms with Crippen LogP contribution in [0.2, 0.25) is 5.15 Å². The molecule has 0 amide bonds.